The average Bonchev–Trinajstić information content (AvgIpc) is 3.03. The third-order valence-electron chi connectivity index (χ3n) is 5.04. The molecule has 0 radical (unpaired) electrons. The van der Waals surface area contributed by atoms with Gasteiger partial charge in [-0.1, -0.05) is 26.7 Å². The van der Waals surface area contributed by atoms with Gasteiger partial charge in [-0.3, -0.25) is 14.5 Å². The molecular formula is C16H28N2O4. The van der Waals surface area contributed by atoms with E-state index in [1.54, 1.807) is 4.90 Å². The highest BCUT2D eigenvalue weighted by atomic mass is 16.5. The number of carboxylic acids is 1. The lowest BCUT2D eigenvalue weighted by Gasteiger charge is -2.39. The van der Waals surface area contributed by atoms with Gasteiger partial charge in [-0.25, -0.2) is 0 Å². The molecule has 126 valence electrons. The van der Waals surface area contributed by atoms with E-state index in [0.29, 0.717) is 38.6 Å². The number of aliphatic carboxylic acids is 1. The number of amides is 1. The summed E-state index contributed by atoms with van der Waals surface area (Å²) in [6.45, 7) is 8.07. The van der Waals surface area contributed by atoms with Crippen LogP contribution in [0.4, 0.5) is 0 Å². The summed E-state index contributed by atoms with van der Waals surface area (Å²) in [5.74, 6) is -0.773. The predicted octanol–water partition coefficient (Wildman–Crippen LogP) is 1.06. The van der Waals surface area contributed by atoms with Crippen molar-refractivity contribution in [2.45, 2.75) is 39.2 Å². The summed E-state index contributed by atoms with van der Waals surface area (Å²) >= 11 is 0. The van der Waals surface area contributed by atoms with Gasteiger partial charge in [0.15, 0.2) is 0 Å². The topological polar surface area (TPSA) is 70.1 Å². The minimum atomic E-state index is -0.791. The maximum absolute atomic E-state index is 13.0. The summed E-state index contributed by atoms with van der Waals surface area (Å²) in [7, 11) is 0. The van der Waals surface area contributed by atoms with E-state index in [1.165, 1.54) is 0 Å². The zero-order valence-corrected chi connectivity index (χ0v) is 13.7. The fourth-order valence-electron chi connectivity index (χ4n) is 3.60. The van der Waals surface area contributed by atoms with Crippen molar-refractivity contribution in [2.75, 3.05) is 39.4 Å². The van der Waals surface area contributed by atoms with Crippen LogP contribution >= 0.6 is 0 Å². The van der Waals surface area contributed by atoms with Gasteiger partial charge in [0.2, 0.25) is 5.91 Å². The molecule has 0 aromatic heterocycles. The van der Waals surface area contributed by atoms with E-state index < -0.39 is 11.9 Å². The minimum Gasteiger partial charge on any atom is -0.481 e. The molecule has 0 saturated carbocycles. The first kappa shape index (κ1) is 17.2. The van der Waals surface area contributed by atoms with Gasteiger partial charge < -0.3 is 14.7 Å². The van der Waals surface area contributed by atoms with Gasteiger partial charge in [-0.2, -0.15) is 0 Å². The third-order valence-corrected chi connectivity index (χ3v) is 5.04. The van der Waals surface area contributed by atoms with Crippen molar-refractivity contribution in [2.24, 2.45) is 11.8 Å². The van der Waals surface area contributed by atoms with Crippen LogP contribution in [0.3, 0.4) is 0 Å². The Bertz CT molecular complexity index is 392. The summed E-state index contributed by atoms with van der Waals surface area (Å²) in [5, 5.41) is 9.14. The van der Waals surface area contributed by atoms with Crippen LogP contribution in [0.1, 0.15) is 33.1 Å². The van der Waals surface area contributed by atoms with Crippen LogP contribution in [0.15, 0.2) is 0 Å². The van der Waals surface area contributed by atoms with E-state index in [9.17, 15) is 9.59 Å². The molecule has 2 rings (SSSR count). The highest BCUT2D eigenvalue weighted by Crippen LogP contribution is 2.25. The normalized spacial score (nSPS) is 24.7. The van der Waals surface area contributed by atoms with Gasteiger partial charge in [0, 0.05) is 26.2 Å². The molecule has 2 atom stereocenters. The summed E-state index contributed by atoms with van der Waals surface area (Å²) in [5.41, 5.74) is 0. The molecule has 0 bridgehead atoms. The largest absolute Gasteiger partial charge is 0.481 e. The van der Waals surface area contributed by atoms with Crippen LogP contribution in [-0.2, 0) is 14.3 Å². The Balaban J connectivity index is 2.10. The van der Waals surface area contributed by atoms with Crippen molar-refractivity contribution >= 4 is 11.9 Å². The van der Waals surface area contributed by atoms with Crippen LogP contribution in [0.5, 0.6) is 0 Å². The second-order valence-corrected chi connectivity index (χ2v) is 6.28. The van der Waals surface area contributed by atoms with E-state index in [0.717, 1.165) is 25.9 Å². The third kappa shape index (κ3) is 3.79. The number of carbonyl (C=O) groups excluding carboxylic acids is 1. The second kappa shape index (κ2) is 7.92. The lowest BCUT2D eigenvalue weighted by atomic mass is 9.91. The maximum Gasteiger partial charge on any atom is 0.308 e. The lowest BCUT2D eigenvalue weighted by Crippen LogP contribution is -2.55. The van der Waals surface area contributed by atoms with Gasteiger partial charge in [-0.15, -0.1) is 0 Å². The van der Waals surface area contributed by atoms with Crippen LogP contribution in [-0.4, -0.2) is 72.2 Å². The van der Waals surface area contributed by atoms with Gasteiger partial charge in [0.1, 0.15) is 0 Å². The molecule has 2 aliphatic heterocycles. The zero-order chi connectivity index (χ0) is 16.1. The fraction of sp³-hybridized carbons (Fsp3) is 0.875. The molecule has 2 aliphatic rings. The first-order valence-corrected chi connectivity index (χ1v) is 8.41. The molecule has 2 fully saturated rings. The number of hydrogen-bond acceptors (Lipinski definition) is 4. The SMILES string of the molecule is CCC(CC)C(C(=O)N1CCC(C(=O)O)C1)N1CCOCC1. The van der Waals surface area contributed by atoms with Gasteiger partial charge >= 0.3 is 5.97 Å². The Hall–Kier alpha value is -1.14. The summed E-state index contributed by atoms with van der Waals surface area (Å²) in [6.07, 6.45) is 2.49. The molecule has 0 spiro atoms. The van der Waals surface area contributed by atoms with E-state index >= 15 is 0 Å². The molecule has 22 heavy (non-hydrogen) atoms. The quantitative estimate of drug-likeness (QED) is 0.794. The van der Waals surface area contributed by atoms with Gasteiger partial charge in [0.25, 0.3) is 0 Å². The Labute approximate surface area is 132 Å². The number of morpholine rings is 1. The number of hydrogen-bond donors (Lipinski definition) is 1. The van der Waals surface area contributed by atoms with Gasteiger partial charge in [-0.05, 0) is 12.3 Å². The lowest BCUT2D eigenvalue weighted by molar-refractivity contribution is -0.143. The Morgan fingerprint density at radius 1 is 1.18 bits per heavy atom. The van der Waals surface area contributed by atoms with E-state index in [-0.39, 0.29) is 11.9 Å². The van der Waals surface area contributed by atoms with E-state index in [1.807, 2.05) is 0 Å². The van der Waals surface area contributed by atoms with Gasteiger partial charge in [0.05, 0.1) is 25.2 Å². The van der Waals surface area contributed by atoms with Crippen molar-refractivity contribution in [3.05, 3.63) is 0 Å². The predicted molar refractivity (Wildman–Crippen MR) is 82.6 cm³/mol. The Morgan fingerprint density at radius 3 is 2.32 bits per heavy atom. The standard InChI is InChI=1S/C16H28N2O4/c1-3-12(4-2)14(17-7-9-22-10-8-17)15(19)18-6-5-13(11-18)16(20)21/h12-14H,3-11H2,1-2H3,(H,20,21). The monoisotopic (exact) mass is 312 g/mol. The highest BCUT2D eigenvalue weighted by molar-refractivity contribution is 5.83. The second-order valence-electron chi connectivity index (χ2n) is 6.28. The van der Waals surface area contributed by atoms with Crippen LogP contribution in [0, 0.1) is 11.8 Å². The molecule has 0 aromatic carbocycles. The molecule has 6 heteroatoms. The highest BCUT2D eigenvalue weighted by Gasteiger charge is 2.39. The molecule has 2 unspecified atom stereocenters. The summed E-state index contributed by atoms with van der Waals surface area (Å²) in [4.78, 5) is 28.1. The Kier molecular flexibility index (Phi) is 6.20. The smallest absolute Gasteiger partial charge is 0.308 e. The van der Waals surface area contributed by atoms with Crippen molar-refractivity contribution in [3.63, 3.8) is 0 Å². The van der Waals surface area contributed by atoms with Crippen molar-refractivity contribution in [1.29, 1.82) is 0 Å². The molecule has 0 aromatic rings. The zero-order valence-electron chi connectivity index (χ0n) is 13.7. The molecule has 2 saturated heterocycles. The first-order valence-electron chi connectivity index (χ1n) is 8.41. The maximum atomic E-state index is 13.0. The van der Waals surface area contributed by atoms with Crippen molar-refractivity contribution in [1.82, 2.24) is 9.80 Å². The van der Waals surface area contributed by atoms with Crippen LogP contribution in [0.2, 0.25) is 0 Å². The van der Waals surface area contributed by atoms with Crippen LogP contribution in [0.25, 0.3) is 0 Å². The number of ether oxygens (including phenoxy) is 1. The summed E-state index contributed by atoms with van der Waals surface area (Å²) < 4.78 is 5.41. The molecule has 1 N–H and O–H groups in total. The Morgan fingerprint density at radius 2 is 1.82 bits per heavy atom. The fourth-order valence-corrected chi connectivity index (χ4v) is 3.60. The summed E-state index contributed by atoms with van der Waals surface area (Å²) in [6, 6.07) is -0.133. The molecule has 0 aliphatic carbocycles. The number of carbonyl (C=O) groups is 2. The van der Waals surface area contributed by atoms with E-state index in [2.05, 4.69) is 18.7 Å². The van der Waals surface area contributed by atoms with Crippen LogP contribution < -0.4 is 0 Å². The number of nitrogens with zero attached hydrogens (tertiary/aromatic N) is 2. The molecular weight excluding hydrogens is 284 g/mol. The van der Waals surface area contributed by atoms with E-state index in [4.69, 9.17) is 9.84 Å². The van der Waals surface area contributed by atoms with Crippen molar-refractivity contribution < 1.29 is 19.4 Å². The molecule has 2 heterocycles. The number of carboxylic acid groups (broad SMARTS) is 1. The molecule has 6 nitrogen and oxygen atoms in total. The minimum absolute atomic E-state index is 0.111. The average molecular weight is 312 g/mol. The molecule has 1 amide bonds. The number of rotatable bonds is 6. The van der Waals surface area contributed by atoms with Crippen molar-refractivity contribution in [3.8, 4) is 0 Å². The number of likely N-dealkylation sites (tertiary alicyclic amines) is 1. The first-order chi connectivity index (χ1) is 10.6.